The summed E-state index contributed by atoms with van der Waals surface area (Å²) in [5.74, 6) is 1.56. The van der Waals surface area contributed by atoms with E-state index in [2.05, 4.69) is 0 Å². The van der Waals surface area contributed by atoms with Gasteiger partial charge < -0.3 is 9.47 Å². The number of Topliss-reactive ketones (excluding diaryl/α,β-unsaturated/α-hetero) is 1. The van der Waals surface area contributed by atoms with Gasteiger partial charge in [0.1, 0.15) is 13.2 Å². The fourth-order valence-corrected chi connectivity index (χ4v) is 3.42. The van der Waals surface area contributed by atoms with Crippen molar-refractivity contribution in [1.29, 1.82) is 0 Å². The number of ether oxygens (including phenoxy) is 2. The number of halogens is 2. The fourth-order valence-electron chi connectivity index (χ4n) is 2.03. The van der Waals surface area contributed by atoms with Crippen LogP contribution >= 0.6 is 35.0 Å². The summed E-state index contributed by atoms with van der Waals surface area (Å²) in [6.45, 7) is 1.03. The smallest absolute Gasteiger partial charge is 0.173 e. The molecule has 0 saturated carbocycles. The predicted octanol–water partition coefficient (Wildman–Crippen LogP) is 4.74. The van der Waals surface area contributed by atoms with Crippen LogP contribution in [0.3, 0.4) is 0 Å². The highest BCUT2D eigenvalue weighted by atomic mass is 35.5. The zero-order valence-corrected chi connectivity index (χ0v) is 13.8. The molecule has 0 N–H and O–H groups in total. The summed E-state index contributed by atoms with van der Waals surface area (Å²) in [6, 6.07) is 10.4. The minimum Gasteiger partial charge on any atom is -0.486 e. The third kappa shape index (κ3) is 3.51. The molecule has 0 aliphatic carbocycles. The van der Waals surface area contributed by atoms with Crippen molar-refractivity contribution in [2.75, 3.05) is 19.0 Å². The summed E-state index contributed by atoms with van der Waals surface area (Å²) in [7, 11) is 0. The molecular formula is C16H12Cl2O3S. The summed E-state index contributed by atoms with van der Waals surface area (Å²) < 4.78 is 10.9. The molecule has 3 rings (SSSR count). The van der Waals surface area contributed by atoms with Crippen molar-refractivity contribution in [1.82, 2.24) is 0 Å². The van der Waals surface area contributed by atoms with Crippen LogP contribution in [0, 0.1) is 0 Å². The number of fused-ring (bicyclic) bond motifs is 1. The monoisotopic (exact) mass is 354 g/mol. The maximum absolute atomic E-state index is 12.3. The highest BCUT2D eigenvalue weighted by Crippen LogP contribution is 2.33. The van der Waals surface area contributed by atoms with Crippen molar-refractivity contribution in [3.63, 3.8) is 0 Å². The lowest BCUT2D eigenvalue weighted by Gasteiger charge is -2.18. The van der Waals surface area contributed by atoms with Crippen LogP contribution in [-0.2, 0) is 0 Å². The summed E-state index contributed by atoms with van der Waals surface area (Å²) in [5, 5.41) is 1.18. The van der Waals surface area contributed by atoms with Crippen LogP contribution in [0.2, 0.25) is 10.0 Å². The molecule has 0 bridgehead atoms. The zero-order chi connectivity index (χ0) is 15.5. The van der Waals surface area contributed by atoms with Crippen LogP contribution in [0.15, 0.2) is 41.3 Å². The number of hydrogen-bond acceptors (Lipinski definition) is 4. The Balaban J connectivity index is 1.70. The molecule has 2 aromatic carbocycles. The Kier molecular flexibility index (Phi) is 4.81. The first kappa shape index (κ1) is 15.5. The molecule has 0 saturated heterocycles. The largest absolute Gasteiger partial charge is 0.486 e. The van der Waals surface area contributed by atoms with Crippen LogP contribution in [-0.4, -0.2) is 24.7 Å². The predicted molar refractivity (Wildman–Crippen MR) is 88.9 cm³/mol. The number of hydrogen-bond donors (Lipinski definition) is 0. The first-order valence-corrected chi connectivity index (χ1v) is 8.38. The Morgan fingerprint density at radius 2 is 1.82 bits per heavy atom. The lowest BCUT2D eigenvalue weighted by Crippen LogP contribution is -2.16. The summed E-state index contributed by atoms with van der Waals surface area (Å²) >= 11 is 13.4. The van der Waals surface area contributed by atoms with Crippen molar-refractivity contribution in [3.05, 3.63) is 52.0 Å². The maximum Gasteiger partial charge on any atom is 0.173 e. The van der Waals surface area contributed by atoms with Gasteiger partial charge in [-0.3, -0.25) is 4.79 Å². The van der Waals surface area contributed by atoms with Gasteiger partial charge in [-0.25, -0.2) is 0 Å². The fraction of sp³-hybridized carbons (Fsp3) is 0.188. The number of benzene rings is 2. The van der Waals surface area contributed by atoms with Gasteiger partial charge in [-0.2, -0.15) is 0 Å². The molecule has 0 spiro atoms. The third-order valence-corrected chi connectivity index (χ3v) is 4.85. The van der Waals surface area contributed by atoms with E-state index < -0.39 is 0 Å². The highest BCUT2D eigenvalue weighted by molar-refractivity contribution is 8.00. The second-order valence-corrected chi connectivity index (χ2v) is 6.51. The van der Waals surface area contributed by atoms with E-state index in [9.17, 15) is 4.79 Å². The van der Waals surface area contributed by atoms with E-state index in [0.717, 1.165) is 4.90 Å². The highest BCUT2D eigenvalue weighted by Gasteiger charge is 2.15. The van der Waals surface area contributed by atoms with E-state index >= 15 is 0 Å². The van der Waals surface area contributed by atoms with E-state index in [1.807, 2.05) is 0 Å². The Morgan fingerprint density at radius 3 is 2.64 bits per heavy atom. The van der Waals surface area contributed by atoms with Crippen LogP contribution in [0.5, 0.6) is 11.5 Å². The minimum absolute atomic E-state index is 0.00184. The van der Waals surface area contributed by atoms with Crippen molar-refractivity contribution in [3.8, 4) is 11.5 Å². The molecule has 22 heavy (non-hydrogen) atoms. The summed E-state index contributed by atoms with van der Waals surface area (Å²) in [6.07, 6.45) is 0. The van der Waals surface area contributed by atoms with Gasteiger partial charge in [-0.15, -0.1) is 11.8 Å². The average molecular weight is 355 g/mol. The van der Waals surface area contributed by atoms with Gasteiger partial charge in [0, 0.05) is 15.5 Å². The molecule has 0 radical (unpaired) electrons. The summed E-state index contributed by atoms with van der Waals surface area (Å²) in [5.41, 5.74) is 0.593. The van der Waals surface area contributed by atoms with Crippen molar-refractivity contribution in [2.24, 2.45) is 0 Å². The van der Waals surface area contributed by atoms with E-state index in [4.69, 9.17) is 32.7 Å². The molecule has 2 aromatic rings. The second-order valence-electron chi connectivity index (χ2n) is 4.65. The Hall–Kier alpha value is -1.36. The molecule has 3 nitrogen and oxygen atoms in total. The number of carbonyl (C=O) groups excluding carboxylic acids is 1. The molecule has 0 unspecified atom stereocenters. The van der Waals surface area contributed by atoms with Gasteiger partial charge >= 0.3 is 0 Å². The lowest BCUT2D eigenvalue weighted by molar-refractivity contribution is 0.102. The van der Waals surface area contributed by atoms with E-state index in [0.29, 0.717) is 40.3 Å². The zero-order valence-electron chi connectivity index (χ0n) is 11.5. The summed E-state index contributed by atoms with van der Waals surface area (Å²) in [4.78, 5) is 13.1. The number of carbonyl (C=O) groups is 1. The first-order valence-electron chi connectivity index (χ1n) is 6.64. The molecule has 114 valence electrons. The normalized spacial score (nSPS) is 13.0. The van der Waals surface area contributed by atoms with Crippen LogP contribution < -0.4 is 9.47 Å². The lowest BCUT2D eigenvalue weighted by atomic mass is 10.1. The number of ketones is 1. The Bertz CT molecular complexity index is 719. The van der Waals surface area contributed by atoms with E-state index in [-0.39, 0.29) is 11.5 Å². The molecule has 6 heteroatoms. The van der Waals surface area contributed by atoms with Crippen LogP contribution in [0.1, 0.15) is 10.4 Å². The van der Waals surface area contributed by atoms with Crippen molar-refractivity contribution in [2.45, 2.75) is 4.90 Å². The van der Waals surface area contributed by atoms with E-state index in [1.165, 1.54) is 11.8 Å². The number of thioether (sulfide) groups is 1. The standard InChI is InChI=1S/C16H12Cl2O3S/c17-11-2-3-12(18)16(8-11)22-9-13(19)10-1-4-14-15(7-10)21-6-5-20-14/h1-4,7-8H,5-6,9H2. The molecule has 0 aromatic heterocycles. The van der Waals surface area contributed by atoms with Gasteiger partial charge in [-0.1, -0.05) is 23.2 Å². The van der Waals surface area contributed by atoms with Crippen LogP contribution in [0.25, 0.3) is 0 Å². The quantitative estimate of drug-likeness (QED) is 0.586. The van der Waals surface area contributed by atoms with Crippen molar-refractivity contribution < 1.29 is 14.3 Å². The topological polar surface area (TPSA) is 35.5 Å². The van der Waals surface area contributed by atoms with Gasteiger partial charge in [0.25, 0.3) is 0 Å². The van der Waals surface area contributed by atoms with Crippen molar-refractivity contribution >= 4 is 40.7 Å². The average Bonchev–Trinajstić information content (AvgIpc) is 2.55. The Labute approximate surface area is 142 Å². The van der Waals surface area contributed by atoms with Gasteiger partial charge in [0.2, 0.25) is 0 Å². The van der Waals surface area contributed by atoms with Gasteiger partial charge in [-0.05, 0) is 36.4 Å². The molecule has 1 heterocycles. The molecule has 1 aliphatic heterocycles. The Morgan fingerprint density at radius 1 is 1.05 bits per heavy atom. The number of rotatable bonds is 4. The first-order chi connectivity index (χ1) is 10.6. The minimum atomic E-state index is -0.00184. The SMILES string of the molecule is O=C(CSc1cc(Cl)ccc1Cl)c1ccc2c(c1)OCCO2. The molecule has 1 aliphatic rings. The van der Waals surface area contributed by atoms with Gasteiger partial charge in [0.05, 0.1) is 10.8 Å². The second kappa shape index (κ2) is 6.82. The third-order valence-electron chi connectivity index (χ3n) is 3.12. The molecule has 0 fully saturated rings. The molecular weight excluding hydrogens is 343 g/mol. The maximum atomic E-state index is 12.3. The van der Waals surface area contributed by atoms with Crippen LogP contribution in [0.4, 0.5) is 0 Å². The molecule has 0 atom stereocenters. The van der Waals surface area contributed by atoms with E-state index in [1.54, 1.807) is 36.4 Å². The molecule has 0 amide bonds. The van der Waals surface area contributed by atoms with Gasteiger partial charge in [0.15, 0.2) is 17.3 Å².